The van der Waals surface area contributed by atoms with E-state index in [9.17, 15) is 9.90 Å². The molecule has 0 atom stereocenters. The minimum atomic E-state index is -0.618. The second kappa shape index (κ2) is 15.4. The zero-order valence-electron chi connectivity index (χ0n) is 25.8. The van der Waals surface area contributed by atoms with Crippen LogP contribution in [0.4, 0.5) is 0 Å². The Morgan fingerprint density at radius 1 is 0.702 bits per heavy atom. The van der Waals surface area contributed by atoms with Crippen molar-refractivity contribution in [1.82, 2.24) is 14.5 Å². The van der Waals surface area contributed by atoms with Gasteiger partial charge in [0.05, 0.1) is 12.2 Å². The molecule has 3 aromatic heterocycles. The predicted octanol–water partition coefficient (Wildman–Crippen LogP) is 8.05. The summed E-state index contributed by atoms with van der Waals surface area (Å²) in [5, 5.41) is 10.6. The molecule has 6 aromatic rings. The fourth-order valence-electron chi connectivity index (χ4n) is 5.01. The van der Waals surface area contributed by atoms with Gasteiger partial charge in [-0.3, -0.25) is 0 Å². The van der Waals surface area contributed by atoms with Crippen LogP contribution in [0.1, 0.15) is 64.9 Å². The van der Waals surface area contributed by atoms with E-state index in [2.05, 4.69) is 22.1 Å². The van der Waals surface area contributed by atoms with Crippen molar-refractivity contribution in [2.45, 2.75) is 45.3 Å². The number of oxazole rings is 3. The van der Waals surface area contributed by atoms with E-state index in [1.54, 1.807) is 12.3 Å². The maximum absolute atomic E-state index is 12.4. The lowest BCUT2D eigenvalue weighted by molar-refractivity contribution is 0.301. The number of ether oxygens (including phenoxy) is 1. The number of aryl methyl sites for hydroxylation is 2. The summed E-state index contributed by atoms with van der Waals surface area (Å²) in [6, 6.07) is 27.8. The largest absolute Gasteiger partial charge is 0.492 e. The first-order chi connectivity index (χ1) is 23.1. The maximum Gasteiger partial charge on any atom is 0.422 e. The third kappa shape index (κ3) is 8.88. The molecule has 0 amide bonds. The van der Waals surface area contributed by atoms with Gasteiger partial charge in [0.15, 0.2) is 5.76 Å². The molecule has 0 unspecified atom stereocenters. The van der Waals surface area contributed by atoms with E-state index in [0.29, 0.717) is 30.5 Å². The van der Waals surface area contributed by atoms with Crippen LogP contribution in [0.15, 0.2) is 116 Å². The van der Waals surface area contributed by atoms with Crippen molar-refractivity contribution in [3.63, 3.8) is 0 Å². The molecule has 0 spiro atoms. The molecule has 0 bridgehead atoms. The predicted molar refractivity (Wildman–Crippen MR) is 180 cm³/mol. The SMILES string of the molecule is O=c1oc(CCCCCc2ccc(OCc3coc(C=Cc4ccccc4)n3)cc2)c(O)n1Cc1coc(C=Cc2ccccc2)n1. The fraction of sp³-hybridized carbons (Fsp3) is 0.184. The van der Waals surface area contributed by atoms with Gasteiger partial charge in [0.1, 0.15) is 30.6 Å². The van der Waals surface area contributed by atoms with Crippen LogP contribution >= 0.6 is 0 Å². The second-order valence-corrected chi connectivity index (χ2v) is 11.0. The molecule has 238 valence electrons. The lowest BCUT2D eigenvalue weighted by Crippen LogP contribution is -2.14. The highest BCUT2D eigenvalue weighted by Crippen LogP contribution is 2.21. The molecule has 6 rings (SSSR count). The van der Waals surface area contributed by atoms with Crippen LogP contribution < -0.4 is 10.5 Å². The molecule has 3 aromatic carbocycles. The first-order valence-corrected chi connectivity index (χ1v) is 15.6. The highest BCUT2D eigenvalue weighted by Gasteiger charge is 2.17. The Hall–Kier alpha value is -5.83. The Morgan fingerprint density at radius 2 is 1.30 bits per heavy atom. The van der Waals surface area contributed by atoms with Crippen LogP contribution in [0.25, 0.3) is 24.3 Å². The van der Waals surface area contributed by atoms with Crippen LogP contribution in [0.5, 0.6) is 11.6 Å². The first kappa shape index (κ1) is 31.2. The van der Waals surface area contributed by atoms with Crippen LogP contribution in [0.2, 0.25) is 0 Å². The maximum atomic E-state index is 12.4. The Bertz CT molecular complexity index is 1970. The summed E-state index contributed by atoms with van der Waals surface area (Å²) in [6.07, 6.45) is 14.6. The zero-order chi connectivity index (χ0) is 32.3. The molecule has 3 heterocycles. The van der Waals surface area contributed by atoms with Gasteiger partial charge in [-0.05, 0) is 60.2 Å². The summed E-state index contributed by atoms with van der Waals surface area (Å²) in [6.45, 7) is 0.376. The molecular formula is C38H35N3O6. The normalized spacial score (nSPS) is 11.6. The quantitative estimate of drug-likeness (QED) is 0.113. The van der Waals surface area contributed by atoms with Gasteiger partial charge in [0, 0.05) is 18.6 Å². The van der Waals surface area contributed by atoms with Gasteiger partial charge in [-0.25, -0.2) is 19.3 Å². The Morgan fingerprint density at radius 3 is 1.96 bits per heavy atom. The van der Waals surface area contributed by atoms with Gasteiger partial charge >= 0.3 is 5.76 Å². The van der Waals surface area contributed by atoms with Crippen molar-refractivity contribution < 1.29 is 23.1 Å². The number of hydrogen-bond donors (Lipinski definition) is 1. The second-order valence-electron chi connectivity index (χ2n) is 11.0. The van der Waals surface area contributed by atoms with Crippen molar-refractivity contribution >= 4 is 24.3 Å². The van der Waals surface area contributed by atoms with Gasteiger partial charge in [-0.2, -0.15) is 0 Å². The van der Waals surface area contributed by atoms with E-state index in [-0.39, 0.29) is 18.2 Å². The van der Waals surface area contributed by atoms with Crippen LogP contribution in [0.3, 0.4) is 0 Å². The van der Waals surface area contributed by atoms with E-state index in [1.807, 2.05) is 91.0 Å². The average molecular weight is 630 g/mol. The molecular weight excluding hydrogens is 594 g/mol. The molecule has 0 radical (unpaired) electrons. The van der Waals surface area contributed by atoms with Crippen molar-refractivity contribution in [3.8, 4) is 11.6 Å². The number of unbranched alkanes of at least 4 members (excludes halogenated alkanes) is 2. The summed E-state index contributed by atoms with van der Waals surface area (Å²) < 4.78 is 23.4. The molecule has 9 nitrogen and oxygen atoms in total. The molecule has 0 saturated carbocycles. The summed E-state index contributed by atoms with van der Waals surface area (Å²) in [7, 11) is 0. The molecule has 47 heavy (non-hydrogen) atoms. The van der Waals surface area contributed by atoms with Crippen molar-refractivity contribution in [3.05, 3.63) is 154 Å². The molecule has 0 aliphatic carbocycles. The molecule has 0 aliphatic heterocycles. The minimum Gasteiger partial charge on any atom is -0.492 e. The monoisotopic (exact) mass is 629 g/mol. The van der Waals surface area contributed by atoms with Gasteiger partial charge in [-0.1, -0.05) is 79.2 Å². The number of benzene rings is 3. The third-order valence-electron chi connectivity index (χ3n) is 7.51. The number of rotatable bonds is 15. The smallest absolute Gasteiger partial charge is 0.422 e. The Balaban J connectivity index is 0.907. The molecule has 0 fully saturated rings. The van der Waals surface area contributed by atoms with Crippen LogP contribution in [-0.2, 0) is 26.0 Å². The number of aromatic nitrogens is 3. The van der Waals surface area contributed by atoms with Crippen molar-refractivity contribution in [1.29, 1.82) is 0 Å². The summed E-state index contributed by atoms with van der Waals surface area (Å²) in [5.74, 6) is 1.21. The highest BCUT2D eigenvalue weighted by atomic mass is 16.5. The molecule has 9 heteroatoms. The minimum absolute atomic E-state index is 0.0578. The highest BCUT2D eigenvalue weighted by molar-refractivity contribution is 5.66. The van der Waals surface area contributed by atoms with E-state index < -0.39 is 5.76 Å². The summed E-state index contributed by atoms with van der Waals surface area (Å²) >= 11 is 0. The summed E-state index contributed by atoms with van der Waals surface area (Å²) in [4.78, 5) is 21.3. The third-order valence-corrected chi connectivity index (χ3v) is 7.51. The van der Waals surface area contributed by atoms with E-state index in [1.165, 1.54) is 16.4 Å². The molecule has 1 N–H and O–H groups in total. The van der Waals surface area contributed by atoms with Crippen molar-refractivity contribution in [2.75, 3.05) is 0 Å². The van der Waals surface area contributed by atoms with Gasteiger partial charge in [0.25, 0.3) is 0 Å². The van der Waals surface area contributed by atoms with Crippen LogP contribution in [-0.4, -0.2) is 19.6 Å². The number of nitrogens with zero attached hydrogens (tertiary/aromatic N) is 3. The number of aromatic hydroxyl groups is 1. The standard InChI is InChI=1S/C38H35N3O6/c42-37-34(47-38(43)41(37)24-31-25-45-35(39-31)22-18-28-10-4-1-5-11-28)15-9-3-8-14-30-16-20-33(21-17-30)44-26-32-27-46-36(40-32)23-19-29-12-6-2-7-13-29/h1-2,4-7,10-13,16-23,25,27,42H,3,8-9,14-15,24,26H2. The van der Waals surface area contributed by atoms with Crippen molar-refractivity contribution in [2.24, 2.45) is 0 Å². The van der Waals surface area contributed by atoms with E-state index >= 15 is 0 Å². The molecule has 0 saturated heterocycles. The summed E-state index contributed by atoms with van der Waals surface area (Å²) in [5.41, 5.74) is 4.54. The lowest BCUT2D eigenvalue weighted by atomic mass is 10.1. The topological polar surface area (TPSA) is 117 Å². The zero-order valence-corrected chi connectivity index (χ0v) is 25.8. The lowest BCUT2D eigenvalue weighted by Gasteiger charge is -2.06. The van der Waals surface area contributed by atoms with E-state index in [0.717, 1.165) is 48.3 Å². The average Bonchev–Trinajstić information content (AvgIpc) is 3.83. The fourth-order valence-corrected chi connectivity index (χ4v) is 5.01. The van der Waals surface area contributed by atoms with Gasteiger partial charge < -0.3 is 23.1 Å². The van der Waals surface area contributed by atoms with E-state index in [4.69, 9.17) is 18.0 Å². The first-order valence-electron chi connectivity index (χ1n) is 15.6. The Kier molecular flexibility index (Phi) is 10.2. The number of hydrogen-bond acceptors (Lipinski definition) is 8. The van der Waals surface area contributed by atoms with Crippen LogP contribution in [0, 0.1) is 0 Å². The Labute approximate surface area is 272 Å². The van der Waals surface area contributed by atoms with Gasteiger partial charge in [0.2, 0.25) is 17.7 Å². The van der Waals surface area contributed by atoms with Gasteiger partial charge in [-0.15, -0.1) is 0 Å². The molecule has 0 aliphatic rings.